The third-order valence-electron chi connectivity index (χ3n) is 2.53. The molecule has 5 nitrogen and oxygen atoms in total. The predicted molar refractivity (Wildman–Crippen MR) is 57.7 cm³/mol. The van der Waals surface area contributed by atoms with Gasteiger partial charge in [-0.05, 0) is 12.8 Å². The van der Waals surface area contributed by atoms with Crippen molar-refractivity contribution in [1.29, 1.82) is 0 Å². The first-order valence-corrected chi connectivity index (χ1v) is 4.23. The van der Waals surface area contributed by atoms with Gasteiger partial charge >= 0.3 is 6.03 Å². The van der Waals surface area contributed by atoms with Crippen LogP contribution in [-0.4, -0.2) is 47.4 Å². The smallest absolute Gasteiger partial charge is 0.277 e. The maximum absolute atomic E-state index is 11.4. The van der Waals surface area contributed by atoms with Crippen LogP contribution in [0.5, 0.6) is 0 Å². The van der Waals surface area contributed by atoms with Crippen molar-refractivity contribution in [2.45, 2.75) is 26.7 Å². The minimum absolute atomic E-state index is 0. The van der Waals surface area contributed by atoms with Crippen LogP contribution in [0.3, 0.4) is 0 Å². The Bertz CT molecular complexity index is 257. The normalized spacial score (nSPS) is 18.1. The zero-order chi connectivity index (χ0) is 10.1. The third kappa shape index (κ3) is 2.93. The number of amides is 4. The summed E-state index contributed by atoms with van der Waals surface area (Å²) in [5, 5.41) is 4.19. The maximum atomic E-state index is 11.4. The maximum Gasteiger partial charge on any atom is 0.328 e. The van der Waals surface area contributed by atoms with Crippen molar-refractivity contribution in [3.8, 4) is 0 Å². The van der Waals surface area contributed by atoms with E-state index in [0.717, 1.165) is 0 Å². The molecule has 0 aromatic heterocycles. The number of nitrogens with one attached hydrogen (secondary N) is 2. The number of carbonyl (C=O) groups excluding carboxylic acids is 3. The van der Waals surface area contributed by atoms with Crippen LogP contribution in [0.15, 0.2) is 0 Å². The second kappa shape index (κ2) is 6.48. The molecule has 1 heterocycles. The SMILES string of the molecule is CCC1(CC)C(=O)NC(=O)NC1=O.Cl.[Na]. The van der Waals surface area contributed by atoms with Crippen LogP contribution in [0.2, 0.25) is 0 Å². The summed E-state index contributed by atoms with van der Waals surface area (Å²) in [5.74, 6) is -0.988. The molecule has 0 atom stereocenters. The van der Waals surface area contributed by atoms with E-state index in [-0.39, 0.29) is 42.0 Å². The Morgan fingerprint density at radius 3 is 1.60 bits per heavy atom. The summed E-state index contributed by atoms with van der Waals surface area (Å²) in [7, 11) is 0. The molecule has 1 saturated heterocycles. The first-order chi connectivity index (χ1) is 6.06. The Hall–Kier alpha value is -0.1000. The molecule has 1 rings (SSSR count). The molecule has 15 heavy (non-hydrogen) atoms. The van der Waals surface area contributed by atoms with Crippen LogP contribution < -0.4 is 10.6 Å². The van der Waals surface area contributed by atoms with Gasteiger partial charge in [0.2, 0.25) is 11.8 Å². The summed E-state index contributed by atoms with van der Waals surface area (Å²) >= 11 is 0. The van der Waals surface area contributed by atoms with Crippen LogP contribution in [0.4, 0.5) is 4.79 Å². The number of urea groups is 1. The van der Waals surface area contributed by atoms with Crippen LogP contribution in [0, 0.1) is 5.41 Å². The van der Waals surface area contributed by atoms with Crippen molar-refractivity contribution < 1.29 is 14.4 Å². The molecule has 0 bridgehead atoms. The molecule has 0 aromatic carbocycles. The number of hydrogen-bond acceptors (Lipinski definition) is 3. The molecule has 0 spiro atoms. The molecule has 7 heteroatoms. The van der Waals surface area contributed by atoms with Gasteiger partial charge in [-0.15, -0.1) is 12.4 Å². The van der Waals surface area contributed by atoms with E-state index in [9.17, 15) is 14.4 Å². The predicted octanol–water partition coefficient (Wildman–Crippen LogP) is 0.200. The molecule has 1 aliphatic heterocycles. The average molecular weight is 244 g/mol. The number of carbonyl (C=O) groups is 3. The summed E-state index contributed by atoms with van der Waals surface area (Å²) in [6.07, 6.45) is 0.795. The van der Waals surface area contributed by atoms with Gasteiger partial charge in [0.05, 0.1) is 0 Å². The first-order valence-electron chi connectivity index (χ1n) is 4.23. The Kier molecular flexibility index (Phi) is 7.47. The van der Waals surface area contributed by atoms with Crippen molar-refractivity contribution in [1.82, 2.24) is 10.6 Å². The Morgan fingerprint density at radius 2 is 1.33 bits per heavy atom. The van der Waals surface area contributed by atoms with Gasteiger partial charge in [0.25, 0.3) is 0 Å². The monoisotopic (exact) mass is 243 g/mol. The van der Waals surface area contributed by atoms with Crippen LogP contribution in [0.25, 0.3) is 0 Å². The van der Waals surface area contributed by atoms with Gasteiger partial charge in [-0.2, -0.15) is 0 Å². The molecule has 2 N–H and O–H groups in total. The van der Waals surface area contributed by atoms with Crippen molar-refractivity contribution in [3.63, 3.8) is 0 Å². The van der Waals surface area contributed by atoms with Crippen molar-refractivity contribution >= 4 is 59.8 Å². The quantitative estimate of drug-likeness (QED) is 0.537. The van der Waals surface area contributed by atoms with E-state index in [1.54, 1.807) is 13.8 Å². The summed E-state index contributed by atoms with van der Waals surface area (Å²) in [6, 6.07) is -0.729. The summed E-state index contributed by atoms with van der Waals surface area (Å²) < 4.78 is 0. The number of hydrogen-bond donors (Lipinski definition) is 2. The molecule has 0 aliphatic carbocycles. The number of imide groups is 2. The summed E-state index contributed by atoms with van der Waals surface area (Å²) in [5.41, 5.74) is -1.06. The fourth-order valence-electron chi connectivity index (χ4n) is 1.47. The first kappa shape index (κ1) is 17.3. The van der Waals surface area contributed by atoms with E-state index in [0.29, 0.717) is 12.8 Å². The fraction of sp³-hybridized carbons (Fsp3) is 0.625. The molecule has 81 valence electrons. The van der Waals surface area contributed by atoms with Gasteiger partial charge in [-0.3, -0.25) is 20.2 Å². The number of halogens is 1. The third-order valence-corrected chi connectivity index (χ3v) is 2.53. The van der Waals surface area contributed by atoms with Crippen LogP contribution in [-0.2, 0) is 9.59 Å². The Morgan fingerprint density at radius 1 is 1.00 bits per heavy atom. The van der Waals surface area contributed by atoms with Gasteiger partial charge in [0.15, 0.2) is 0 Å². The average Bonchev–Trinajstić information content (AvgIpc) is 2.05. The Labute approximate surface area is 116 Å². The molecule has 1 radical (unpaired) electrons. The molecule has 0 saturated carbocycles. The summed E-state index contributed by atoms with van der Waals surface area (Å²) in [4.78, 5) is 33.6. The molecule has 1 aliphatic rings. The van der Waals surface area contributed by atoms with Crippen molar-refractivity contribution in [2.75, 3.05) is 0 Å². The van der Waals surface area contributed by atoms with Gasteiger partial charge in [0.1, 0.15) is 5.41 Å². The zero-order valence-electron chi connectivity index (χ0n) is 9.05. The molecule has 0 aromatic rings. The van der Waals surface area contributed by atoms with E-state index in [2.05, 4.69) is 10.6 Å². The molecule has 4 amide bonds. The number of rotatable bonds is 2. The molecule has 1 fully saturated rings. The van der Waals surface area contributed by atoms with Crippen LogP contribution in [0.1, 0.15) is 26.7 Å². The van der Waals surface area contributed by atoms with Gasteiger partial charge in [-0.25, -0.2) is 4.79 Å². The minimum Gasteiger partial charge on any atom is -0.277 e. The summed E-state index contributed by atoms with van der Waals surface area (Å²) in [6.45, 7) is 3.50. The molecular weight excluding hydrogens is 231 g/mol. The fourth-order valence-corrected chi connectivity index (χ4v) is 1.47. The van der Waals surface area contributed by atoms with E-state index in [1.165, 1.54) is 0 Å². The van der Waals surface area contributed by atoms with Crippen molar-refractivity contribution in [2.24, 2.45) is 5.41 Å². The molecular formula is C8H13ClN2NaO3. The number of barbiturate groups is 1. The van der Waals surface area contributed by atoms with E-state index in [1.807, 2.05) is 0 Å². The topological polar surface area (TPSA) is 75.3 Å². The van der Waals surface area contributed by atoms with E-state index >= 15 is 0 Å². The molecule has 0 unspecified atom stereocenters. The van der Waals surface area contributed by atoms with Gasteiger partial charge < -0.3 is 0 Å². The standard InChI is InChI=1S/C8H12N2O3.ClH.Na/c1-3-8(4-2)5(11)9-7(13)10-6(8)12;;/h3-4H2,1-2H3,(H2,9,10,11,12,13);1H;. The van der Waals surface area contributed by atoms with Gasteiger partial charge in [-0.1, -0.05) is 13.8 Å². The van der Waals surface area contributed by atoms with E-state index in [4.69, 9.17) is 0 Å². The van der Waals surface area contributed by atoms with Crippen molar-refractivity contribution in [3.05, 3.63) is 0 Å². The second-order valence-corrected chi connectivity index (χ2v) is 3.03. The van der Waals surface area contributed by atoms with Gasteiger partial charge in [0, 0.05) is 29.6 Å². The Balaban J connectivity index is 0. The van der Waals surface area contributed by atoms with E-state index < -0.39 is 23.3 Å². The largest absolute Gasteiger partial charge is 0.328 e. The zero-order valence-corrected chi connectivity index (χ0v) is 11.9. The second-order valence-electron chi connectivity index (χ2n) is 3.03. The minimum atomic E-state index is -1.06. The van der Waals surface area contributed by atoms with Crippen LogP contribution >= 0.6 is 12.4 Å².